The van der Waals surface area contributed by atoms with Crippen molar-refractivity contribution in [3.8, 4) is 22.6 Å². The summed E-state index contributed by atoms with van der Waals surface area (Å²) in [6.07, 6.45) is -0.544. The van der Waals surface area contributed by atoms with Crippen LogP contribution in [0.15, 0.2) is 60.7 Å². The number of aliphatic hydroxyl groups is 1. The lowest BCUT2D eigenvalue weighted by atomic mass is 9.98. The number of β-amino-alcohol motifs (C(OH)–C–C–N with tert-alkyl or cyclic N) is 1. The summed E-state index contributed by atoms with van der Waals surface area (Å²) in [5.74, 6) is 0.982. The molecule has 3 aromatic carbocycles. The molecule has 3 aromatic rings. The molecular weight excluding hydrogens is 404 g/mol. The van der Waals surface area contributed by atoms with Crippen LogP contribution in [-0.4, -0.2) is 84.7 Å². The van der Waals surface area contributed by atoms with Gasteiger partial charge in [0.1, 0.15) is 24.2 Å². The zero-order chi connectivity index (χ0) is 21.9. The normalized spacial score (nSPS) is 19.0. The molecule has 6 heteroatoms. The number of benzene rings is 3. The Bertz CT molecular complexity index is 1040. The predicted octanol–water partition coefficient (Wildman–Crippen LogP) is 2.97. The number of fused-ring (bicyclic) bond motifs is 1. The molecule has 2 fully saturated rings. The Hall–Kier alpha value is -2.64. The highest BCUT2D eigenvalue weighted by Crippen LogP contribution is 2.34. The number of hydrogen-bond acceptors (Lipinski definition) is 6. The number of ether oxygens (including phenoxy) is 2. The van der Waals surface area contributed by atoms with Crippen LogP contribution in [0, 0.1) is 0 Å². The number of phenols is 1. The van der Waals surface area contributed by atoms with Gasteiger partial charge in [0.15, 0.2) is 0 Å². The second kappa shape index (κ2) is 9.46. The maximum atomic E-state index is 10.6. The summed E-state index contributed by atoms with van der Waals surface area (Å²) in [6, 6.07) is 20.0. The zero-order valence-electron chi connectivity index (χ0n) is 18.2. The molecule has 2 aliphatic heterocycles. The fourth-order valence-corrected chi connectivity index (χ4v) is 4.53. The van der Waals surface area contributed by atoms with Gasteiger partial charge in [-0.1, -0.05) is 36.4 Å². The van der Waals surface area contributed by atoms with E-state index in [9.17, 15) is 10.2 Å². The van der Waals surface area contributed by atoms with Crippen molar-refractivity contribution in [1.82, 2.24) is 9.80 Å². The van der Waals surface area contributed by atoms with E-state index < -0.39 is 6.10 Å². The summed E-state index contributed by atoms with van der Waals surface area (Å²) < 4.78 is 11.3. The molecule has 2 aliphatic rings. The summed E-state index contributed by atoms with van der Waals surface area (Å²) in [6.45, 7) is 6.58. The highest BCUT2D eigenvalue weighted by atomic mass is 16.5. The monoisotopic (exact) mass is 434 g/mol. The van der Waals surface area contributed by atoms with E-state index in [0.717, 1.165) is 67.0 Å². The third-order valence-electron chi connectivity index (χ3n) is 6.47. The van der Waals surface area contributed by atoms with Gasteiger partial charge in [0.25, 0.3) is 0 Å². The molecule has 0 spiro atoms. The molecule has 5 rings (SSSR count). The van der Waals surface area contributed by atoms with E-state index >= 15 is 0 Å². The number of hydrogen-bond donors (Lipinski definition) is 2. The number of rotatable bonds is 7. The maximum absolute atomic E-state index is 10.6. The van der Waals surface area contributed by atoms with E-state index in [-0.39, 0.29) is 12.4 Å². The maximum Gasteiger partial charge on any atom is 0.120 e. The minimum atomic E-state index is -0.544. The molecular formula is C26H30N2O4. The van der Waals surface area contributed by atoms with E-state index in [1.54, 1.807) is 12.1 Å². The molecule has 0 aromatic heterocycles. The molecule has 2 saturated heterocycles. The van der Waals surface area contributed by atoms with Crippen LogP contribution >= 0.6 is 0 Å². The third kappa shape index (κ3) is 4.74. The number of nitrogens with zero attached hydrogens (tertiary/aromatic N) is 2. The quantitative estimate of drug-likeness (QED) is 0.596. The third-order valence-corrected chi connectivity index (χ3v) is 6.47. The first-order chi connectivity index (χ1) is 15.7. The minimum Gasteiger partial charge on any atom is -0.508 e. The molecule has 0 aliphatic carbocycles. The number of phenolic OH excluding ortho intramolecular Hbond substituents is 1. The zero-order valence-corrected chi connectivity index (χ0v) is 18.2. The molecule has 2 N–H and O–H groups in total. The average molecular weight is 435 g/mol. The Morgan fingerprint density at radius 3 is 2.44 bits per heavy atom. The van der Waals surface area contributed by atoms with E-state index in [1.165, 1.54) is 0 Å². The SMILES string of the molecule is Oc1ccc(-c2cc(OCC(O)CN3CCN(C4COC4)CC3)cc3ccccc23)cc1. The second-order valence-electron chi connectivity index (χ2n) is 8.73. The van der Waals surface area contributed by atoms with Crippen LogP contribution in [0.5, 0.6) is 11.5 Å². The summed E-state index contributed by atoms with van der Waals surface area (Å²) in [4.78, 5) is 4.80. The van der Waals surface area contributed by atoms with Crippen LogP contribution in [0.4, 0.5) is 0 Å². The van der Waals surface area contributed by atoms with Crippen LogP contribution in [0.25, 0.3) is 21.9 Å². The van der Waals surface area contributed by atoms with Crippen molar-refractivity contribution < 1.29 is 19.7 Å². The molecule has 0 bridgehead atoms. The van der Waals surface area contributed by atoms with Gasteiger partial charge in [-0.25, -0.2) is 0 Å². The largest absolute Gasteiger partial charge is 0.508 e. The second-order valence-corrected chi connectivity index (χ2v) is 8.73. The Morgan fingerprint density at radius 2 is 1.72 bits per heavy atom. The van der Waals surface area contributed by atoms with E-state index in [4.69, 9.17) is 9.47 Å². The molecule has 32 heavy (non-hydrogen) atoms. The summed E-state index contributed by atoms with van der Waals surface area (Å²) >= 11 is 0. The summed E-state index contributed by atoms with van der Waals surface area (Å²) in [5.41, 5.74) is 2.06. The van der Waals surface area contributed by atoms with Gasteiger partial charge in [-0.15, -0.1) is 0 Å². The molecule has 0 amide bonds. The number of aliphatic hydroxyl groups excluding tert-OH is 1. The van der Waals surface area contributed by atoms with Gasteiger partial charge in [0.2, 0.25) is 0 Å². The smallest absolute Gasteiger partial charge is 0.120 e. The molecule has 2 heterocycles. The first kappa shape index (κ1) is 21.2. The van der Waals surface area contributed by atoms with Crippen molar-refractivity contribution >= 4 is 10.8 Å². The van der Waals surface area contributed by atoms with Crippen LogP contribution in [0.2, 0.25) is 0 Å². The van der Waals surface area contributed by atoms with E-state index in [1.807, 2.05) is 36.4 Å². The van der Waals surface area contributed by atoms with Crippen molar-refractivity contribution in [3.05, 3.63) is 60.7 Å². The lowest BCUT2D eigenvalue weighted by molar-refractivity contribution is -0.0793. The van der Waals surface area contributed by atoms with Gasteiger partial charge in [-0.05, 0) is 46.2 Å². The Labute approximate surface area is 188 Å². The Kier molecular flexibility index (Phi) is 6.28. The Balaban J connectivity index is 1.23. The van der Waals surface area contributed by atoms with Gasteiger partial charge in [-0.2, -0.15) is 0 Å². The van der Waals surface area contributed by atoms with Crippen LogP contribution in [-0.2, 0) is 4.74 Å². The van der Waals surface area contributed by atoms with Crippen LogP contribution in [0.3, 0.4) is 0 Å². The van der Waals surface area contributed by atoms with Crippen LogP contribution < -0.4 is 4.74 Å². The van der Waals surface area contributed by atoms with Crippen molar-refractivity contribution in [2.45, 2.75) is 12.1 Å². The van der Waals surface area contributed by atoms with Gasteiger partial charge in [0.05, 0.1) is 19.3 Å². The van der Waals surface area contributed by atoms with Gasteiger partial charge in [-0.3, -0.25) is 9.80 Å². The summed E-state index contributed by atoms with van der Waals surface area (Å²) in [5, 5.41) is 22.4. The van der Waals surface area contributed by atoms with E-state index in [2.05, 4.69) is 21.9 Å². The van der Waals surface area contributed by atoms with Gasteiger partial charge < -0.3 is 19.7 Å². The Morgan fingerprint density at radius 1 is 0.969 bits per heavy atom. The number of aromatic hydroxyl groups is 1. The van der Waals surface area contributed by atoms with Gasteiger partial charge >= 0.3 is 0 Å². The van der Waals surface area contributed by atoms with Crippen LogP contribution in [0.1, 0.15) is 0 Å². The lowest BCUT2D eigenvalue weighted by Gasteiger charge is -2.42. The average Bonchev–Trinajstić information content (AvgIpc) is 2.78. The highest BCUT2D eigenvalue weighted by molar-refractivity contribution is 5.97. The lowest BCUT2D eigenvalue weighted by Crippen LogP contribution is -2.57. The van der Waals surface area contributed by atoms with Crippen molar-refractivity contribution in [2.75, 3.05) is 52.5 Å². The fourth-order valence-electron chi connectivity index (χ4n) is 4.53. The molecule has 0 saturated carbocycles. The number of piperazine rings is 1. The molecule has 6 nitrogen and oxygen atoms in total. The first-order valence-corrected chi connectivity index (χ1v) is 11.3. The van der Waals surface area contributed by atoms with E-state index in [0.29, 0.717) is 12.6 Å². The minimum absolute atomic E-state index is 0.246. The predicted molar refractivity (Wildman–Crippen MR) is 125 cm³/mol. The van der Waals surface area contributed by atoms with Gasteiger partial charge in [0, 0.05) is 32.7 Å². The topological polar surface area (TPSA) is 65.4 Å². The molecule has 0 radical (unpaired) electrons. The first-order valence-electron chi connectivity index (χ1n) is 11.3. The molecule has 1 atom stereocenters. The molecule has 168 valence electrons. The molecule has 1 unspecified atom stereocenters. The van der Waals surface area contributed by atoms with Crippen molar-refractivity contribution in [2.24, 2.45) is 0 Å². The van der Waals surface area contributed by atoms with Crippen molar-refractivity contribution in [3.63, 3.8) is 0 Å². The highest BCUT2D eigenvalue weighted by Gasteiger charge is 2.29. The van der Waals surface area contributed by atoms with Crippen molar-refractivity contribution in [1.29, 1.82) is 0 Å². The standard InChI is InChI=1S/C26H30N2O4/c29-22-7-5-19(6-8-22)26-14-24(13-20-3-1-2-4-25(20)26)32-18-23(30)15-27-9-11-28(12-10-27)21-16-31-17-21/h1-8,13-14,21,23,29-30H,9-12,15-18H2. The summed E-state index contributed by atoms with van der Waals surface area (Å²) in [7, 11) is 0. The fraction of sp³-hybridized carbons (Fsp3) is 0.385.